The summed E-state index contributed by atoms with van der Waals surface area (Å²) < 4.78 is 0. The zero-order chi connectivity index (χ0) is 11.0. The number of aliphatic carboxylic acids is 1. The average Bonchev–Trinajstić information content (AvgIpc) is 2.13. The number of carbonyl (C=O) groups is 1. The minimum absolute atomic E-state index is 0.269. The monoisotopic (exact) mass is 200 g/mol. The van der Waals surface area contributed by atoms with Gasteiger partial charge in [0.05, 0.1) is 0 Å². The Bertz CT molecular complexity index is 189. The molecule has 4 nitrogen and oxygen atoms in total. The lowest BCUT2D eigenvalue weighted by atomic mass is 10.3. The van der Waals surface area contributed by atoms with Crippen molar-refractivity contribution in [2.45, 2.75) is 26.8 Å². The summed E-state index contributed by atoms with van der Waals surface area (Å²) in [7, 11) is 0. The van der Waals surface area contributed by atoms with E-state index in [1.165, 1.54) is 6.20 Å². The molecule has 14 heavy (non-hydrogen) atoms. The van der Waals surface area contributed by atoms with Crippen molar-refractivity contribution in [3.05, 3.63) is 12.3 Å². The van der Waals surface area contributed by atoms with Gasteiger partial charge in [0.15, 0.2) is 0 Å². The minimum Gasteiger partial charge on any atom is -0.478 e. The van der Waals surface area contributed by atoms with E-state index in [0.717, 1.165) is 25.7 Å². The molecule has 0 spiro atoms. The fourth-order valence-corrected chi connectivity index (χ4v) is 1.21. The van der Waals surface area contributed by atoms with Crippen LogP contribution < -0.4 is 5.32 Å². The number of nitrogens with one attached hydrogen (secondary N) is 1. The Morgan fingerprint density at radius 1 is 1.50 bits per heavy atom. The normalized spacial score (nSPS) is 13.4. The molecule has 0 aromatic heterocycles. The molecule has 2 N–H and O–H groups in total. The van der Waals surface area contributed by atoms with Crippen LogP contribution in [-0.4, -0.2) is 41.7 Å². The second-order valence-corrected chi connectivity index (χ2v) is 3.23. The van der Waals surface area contributed by atoms with Crippen LogP contribution >= 0.6 is 0 Å². The summed E-state index contributed by atoms with van der Waals surface area (Å²) in [6.07, 6.45) is 2.59. The molecule has 0 aliphatic heterocycles. The van der Waals surface area contributed by atoms with Crippen LogP contribution in [0, 0.1) is 0 Å². The highest BCUT2D eigenvalue weighted by molar-refractivity contribution is 5.79. The molecule has 0 radical (unpaired) electrons. The third-order valence-corrected chi connectivity index (χ3v) is 2.03. The molecule has 0 aromatic rings. The Hall–Kier alpha value is -1.03. The summed E-state index contributed by atoms with van der Waals surface area (Å²) in [5, 5.41) is 11.4. The first-order valence-corrected chi connectivity index (χ1v) is 4.98. The van der Waals surface area contributed by atoms with Gasteiger partial charge < -0.3 is 15.3 Å². The summed E-state index contributed by atoms with van der Waals surface area (Å²) in [6.45, 7) is 9.23. The fourth-order valence-electron chi connectivity index (χ4n) is 1.21. The maximum atomic E-state index is 10.2. The number of hydrogen-bond donors (Lipinski definition) is 2. The van der Waals surface area contributed by atoms with Crippen LogP contribution in [0.15, 0.2) is 12.3 Å². The van der Waals surface area contributed by atoms with Gasteiger partial charge in [0.1, 0.15) is 0 Å². The lowest BCUT2D eigenvalue weighted by Crippen LogP contribution is -2.36. The zero-order valence-corrected chi connectivity index (χ0v) is 9.16. The summed E-state index contributed by atoms with van der Waals surface area (Å²) in [5.41, 5.74) is 0. The van der Waals surface area contributed by atoms with Crippen molar-refractivity contribution in [2.75, 3.05) is 19.6 Å². The Labute approximate surface area is 85.6 Å². The van der Waals surface area contributed by atoms with Crippen LogP contribution in [0.1, 0.15) is 20.8 Å². The van der Waals surface area contributed by atoms with E-state index in [4.69, 9.17) is 5.11 Å². The molecule has 82 valence electrons. The molecule has 0 amide bonds. The molecule has 0 fully saturated rings. The maximum Gasteiger partial charge on any atom is 0.329 e. The van der Waals surface area contributed by atoms with E-state index in [1.807, 2.05) is 6.92 Å². The first kappa shape index (κ1) is 13.0. The largest absolute Gasteiger partial charge is 0.478 e. The third kappa shape index (κ3) is 6.48. The molecule has 0 aliphatic rings. The van der Waals surface area contributed by atoms with Gasteiger partial charge in [0, 0.05) is 24.9 Å². The standard InChI is InChI=1S/C10H20N2O2/c1-4-12(5-2)8-9(3)11-7-6-10(13)14/h6-7,9,11H,4-5,8H2,1-3H3,(H,13,14)/b7-6+. The van der Waals surface area contributed by atoms with Gasteiger partial charge in [-0.05, 0) is 20.0 Å². The smallest absolute Gasteiger partial charge is 0.329 e. The molecular formula is C10H20N2O2. The molecule has 0 saturated carbocycles. The highest BCUT2D eigenvalue weighted by Gasteiger charge is 2.04. The second kappa shape index (κ2) is 7.38. The van der Waals surface area contributed by atoms with Gasteiger partial charge in [0.2, 0.25) is 0 Å². The van der Waals surface area contributed by atoms with E-state index in [0.29, 0.717) is 0 Å². The average molecular weight is 200 g/mol. The third-order valence-electron chi connectivity index (χ3n) is 2.03. The summed E-state index contributed by atoms with van der Waals surface area (Å²) in [6, 6.07) is 0.269. The number of nitrogens with zero attached hydrogens (tertiary/aromatic N) is 1. The van der Waals surface area contributed by atoms with Crippen LogP contribution in [0.2, 0.25) is 0 Å². The van der Waals surface area contributed by atoms with Crippen LogP contribution in [0.4, 0.5) is 0 Å². The van der Waals surface area contributed by atoms with Gasteiger partial charge in [-0.3, -0.25) is 0 Å². The summed E-state index contributed by atoms with van der Waals surface area (Å²) >= 11 is 0. The Morgan fingerprint density at radius 2 is 2.07 bits per heavy atom. The zero-order valence-electron chi connectivity index (χ0n) is 9.16. The Morgan fingerprint density at radius 3 is 2.50 bits per heavy atom. The lowest BCUT2D eigenvalue weighted by molar-refractivity contribution is -0.131. The highest BCUT2D eigenvalue weighted by atomic mass is 16.4. The molecule has 0 saturated heterocycles. The number of carboxylic acid groups (broad SMARTS) is 1. The van der Waals surface area contributed by atoms with Crippen molar-refractivity contribution in [1.82, 2.24) is 10.2 Å². The van der Waals surface area contributed by atoms with E-state index < -0.39 is 5.97 Å². The molecular weight excluding hydrogens is 180 g/mol. The molecule has 0 aromatic carbocycles. The molecule has 0 aliphatic carbocycles. The van der Waals surface area contributed by atoms with Gasteiger partial charge in [-0.25, -0.2) is 4.79 Å². The Balaban J connectivity index is 3.73. The van der Waals surface area contributed by atoms with E-state index in [-0.39, 0.29) is 6.04 Å². The Kier molecular flexibility index (Phi) is 6.84. The van der Waals surface area contributed by atoms with Gasteiger partial charge >= 0.3 is 5.97 Å². The van der Waals surface area contributed by atoms with Crippen LogP contribution in [0.3, 0.4) is 0 Å². The molecule has 0 bridgehead atoms. The quantitative estimate of drug-likeness (QED) is 0.600. The summed E-state index contributed by atoms with van der Waals surface area (Å²) in [4.78, 5) is 12.5. The van der Waals surface area contributed by atoms with Crippen molar-refractivity contribution >= 4 is 5.97 Å². The van der Waals surface area contributed by atoms with Crippen molar-refractivity contribution in [1.29, 1.82) is 0 Å². The predicted octanol–water partition coefficient (Wildman–Crippen LogP) is 0.905. The first-order chi connectivity index (χ1) is 6.60. The maximum absolute atomic E-state index is 10.2. The van der Waals surface area contributed by atoms with Crippen LogP contribution in [0.25, 0.3) is 0 Å². The van der Waals surface area contributed by atoms with Gasteiger partial charge in [-0.1, -0.05) is 13.8 Å². The lowest BCUT2D eigenvalue weighted by Gasteiger charge is -2.22. The van der Waals surface area contributed by atoms with E-state index >= 15 is 0 Å². The van der Waals surface area contributed by atoms with Crippen molar-refractivity contribution < 1.29 is 9.90 Å². The van der Waals surface area contributed by atoms with Crippen molar-refractivity contribution in [3.8, 4) is 0 Å². The first-order valence-electron chi connectivity index (χ1n) is 4.98. The molecule has 0 rings (SSSR count). The van der Waals surface area contributed by atoms with Gasteiger partial charge in [-0.15, -0.1) is 0 Å². The highest BCUT2D eigenvalue weighted by Crippen LogP contribution is 1.91. The number of hydrogen-bond acceptors (Lipinski definition) is 3. The number of carboxylic acids is 1. The van der Waals surface area contributed by atoms with E-state index in [2.05, 4.69) is 24.1 Å². The molecule has 0 heterocycles. The summed E-state index contributed by atoms with van der Waals surface area (Å²) in [5.74, 6) is -0.924. The van der Waals surface area contributed by atoms with Crippen molar-refractivity contribution in [2.24, 2.45) is 0 Å². The fraction of sp³-hybridized carbons (Fsp3) is 0.700. The van der Waals surface area contributed by atoms with Gasteiger partial charge in [0.25, 0.3) is 0 Å². The molecule has 1 atom stereocenters. The van der Waals surface area contributed by atoms with E-state index in [1.54, 1.807) is 0 Å². The van der Waals surface area contributed by atoms with Crippen LogP contribution in [0.5, 0.6) is 0 Å². The predicted molar refractivity (Wildman–Crippen MR) is 57.2 cm³/mol. The second-order valence-electron chi connectivity index (χ2n) is 3.23. The van der Waals surface area contributed by atoms with Crippen LogP contribution in [-0.2, 0) is 4.79 Å². The molecule has 1 unspecified atom stereocenters. The number of likely N-dealkylation sites (N-methyl/N-ethyl adjacent to an activating group) is 1. The molecule has 4 heteroatoms. The number of rotatable bonds is 7. The topological polar surface area (TPSA) is 52.6 Å². The van der Waals surface area contributed by atoms with E-state index in [9.17, 15) is 4.79 Å². The van der Waals surface area contributed by atoms with Gasteiger partial charge in [-0.2, -0.15) is 0 Å². The van der Waals surface area contributed by atoms with Crippen molar-refractivity contribution in [3.63, 3.8) is 0 Å². The minimum atomic E-state index is -0.924. The SMILES string of the molecule is CCN(CC)CC(C)N/C=C/C(=O)O.